The van der Waals surface area contributed by atoms with Crippen LogP contribution in [0.3, 0.4) is 0 Å². The van der Waals surface area contributed by atoms with Crippen LogP contribution in [0.1, 0.15) is 30.1 Å². The lowest BCUT2D eigenvalue weighted by atomic mass is 10.0. The third-order valence-electron chi connectivity index (χ3n) is 2.76. The molecule has 0 unspecified atom stereocenters. The minimum absolute atomic E-state index is 0.260. The lowest BCUT2D eigenvalue weighted by molar-refractivity contribution is -0.385. The van der Waals surface area contributed by atoms with Gasteiger partial charge in [-0.3, -0.25) is 14.9 Å². The molecule has 0 aliphatic heterocycles. The van der Waals surface area contributed by atoms with E-state index in [0.717, 1.165) is 0 Å². The second kappa shape index (κ2) is 7.40. The molecule has 23 heavy (non-hydrogen) atoms. The number of esters is 1. The predicted molar refractivity (Wildman–Crippen MR) is 73.2 cm³/mol. The molecule has 0 fully saturated rings. The summed E-state index contributed by atoms with van der Waals surface area (Å²) in [5, 5.41) is 9.91. The maximum atomic E-state index is 13.5. The minimum Gasteiger partial charge on any atom is -0.462 e. The van der Waals surface area contributed by atoms with Crippen LogP contribution in [0.5, 0.6) is 0 Å². The molecule has 1 aromatic rings. The standard InChI is InChI=1S/C13H11ClF3NO5/c1-2-23-12(20)13(16,17)4-3-10(19)8-5-7(18(21)22)6-9(15)11(8)14/h5-6H,2-4H2,1H3. The average molecular weight is 354 g/mol. The van der Waals surface area contributed by atoms with Crippen molar-refractivity contribution in [2.24, 2.45) is 0 Å². The number of nitro groups is 1. The van der Waals surface area contributed by atoms with Gasteiger partial charge in [0.1, 0.15) is 5.82 Å². The highest BCUT2D eigenvalue weighted by Gasteiger charge is 2.40. The molecule has 0 aliphatic rings. The normalized spacial score (nSPS) is 11.2. The number of nitrogens with zero attached hydrogens (tertiary/aromatic N) is 1. The van der Waals surface area contributed by atoms with Gasteiger partial charge in [0, 0.05) is 24.5 Å². The number of nitro benzene ring substituents is 1. The number of carbonyl (C=O) groups is 2. The molecule has 0 radical (unpaired) electrons. The molecule has 0 heterocycles. The van der Waals surface area contributed by atoms with Crippen molar-refractivity contribution in [2.45, 2.75) is 25.7 Å². The first kappa shape index (κ1) is 18.9. The molecule has 0 saturated carbocycles. The Morgan fingerprint density at radius 1 is 1.39 bits per heavy atom. The van der Waals surface area contributed by atoms with Crippen LogP contribution >= 0.6 is 11.6 Å². The molecule has 1 aromatic carbocycles. The van der Waals surface area contributed by atoms with Crippen LogP contribution in [-0.2, 0) is 9.53 Å². The van der Waals surface area contributed by atoms with E-state index in [4.69, 9.17) is 11.6 Å². The minimum atomic E-state index is -3.91. The fraction of sp³-hybridized carbons (Fsp3) is 0.385. The van der Waals surface area contributed by atoms with Crippen molar-refractivity contribution in [2.75, 3.05) is 6.61 Å². The monoisotopic (exact) mass is 353 g/mol. The number of rotatable bonds is 7. The molecule has 0 aliphatic carbocycles. The first-order chi connectivity index (χ1) is 10.6. The Balaban J connectivity index is 2.95. The quantitative estimate of drug-likeness (QED) is 0.324. The van der Waals surface area contributed by atoms with Crippen molar-refractivity contribution < 1.29 is 32.4 Å². The Kier molecular flexibility index (Phi) is 6.08. The highest BCUT2D eigenvalue weighted by atomic mass is 35.5. The number of non-ortho nitro benzene ring substituents is 1. The van der Waals surface area contributed by atoms with Gasteiger partial charge in [0.25, 0.3) is 5.69 Å². The van der Waals surface area contributed by atoms with Gasteiger partial charge in [-0.05, 0) is 6.92 Å². The fourth-order valence-corrected chi connectivity index (χ4v) is 1.84. The van der Waals surface area contributed by atoms with E-state index in [2.05, 4.69) is 4.74 Å². The van der Waals surface area contributed by atoms with Crippen LogP contribution in [-0.4, -0.2) is 29.2 Å². The van der Waals surface area contributed by atoms with Gasteiger partial charge in [-0.1, -0.05) is 11.6 Å². The van der Waals surface area contributed by atoms with Crippen molar-refractivity contribution in [3.63, 3.8) is 0 Å². The fourth-order valence-electron chi connectivity index (χ4n) is 1.63. The smallest absolute Gasteiger partial charge is 0.376 e. The summed E-state index contributed by atoms with van der Waals surface area (Å²) in [6, 6.07) is 1.20. The van der Waals surface area contributed by atoms with Gasteiger partial charge in [-0.15, -0.1) is 0 Å². The Labute approximate surface area is 133 Å². The number of carbonyl (C=O) groups excluding carboxylic acids is 2. The SMILES string of the molecule is CCOC(=O)C(F)(F)CCC(=O)c1cc([N+](=O)[O-])cc(F)c1Cl. The summed E-state index contributed by atoms with van der Waals surface area (Å²) in [7, 11) is 0. The summed E-state index contributed by atoms with van der Waals surface area (Å²) < 4.78 is 44.5. The van der Waals surface area contributed by atoms with E-state index in [1.165, 1.54) is 6.92 Å². The molecule has 126 valence electrons. The maximum Gasteiger partial charge on any atom is 0.376 e. The van der Waals surface area contributed by atoms with Gasteiger partial charge in [0.2, 0.25) is 0 Å². The predicted octanol–water partition coefficient (Wildman–Crippen LogP) is 3.55. The zero-order valence-corrected chi connectivity index (χ0v) is 12.5. The van der Waals surface area contributed by atoms with Gasteiger partial charge >= 0.3 is 11.9 Å². The number of halogens is 4. The van der Waals surface area contributed by atoms with Crippen LogP contribution in [0.25, 0.3) is 0 Å². The van der Waals surface area contributed by atoms with Crippen molar-refractivity contribution in [3.8, 4) is 0 Å². The molecule has 1 rings (SSSR count). The maximum absolute atomic E-state index is 13.5. The number of ether oxygens (including phenoxy) is 1. The van der Waals surface area contributed by atoms with Crippen LogP contribution in [0.15, 0.2) is 12.1 Å². The molecule has 0 spiro atoms. The van der Waals surface area contributed by atoms with Crippen molar-refractivity contribution in [1.29, 1.82) is 0 Å². The summed E-state index contributed by atoms with van der Waals surface area (Å²) in [4.78, 5) is 32.5. The number of benzene rings is 1. The molecule has 0 bridgehead atoms. The van der Waals surface area contributed by atoms with E-state index in [9.17, 15) is 32.9 Å². The van der Waals surface area contributed by atoms with Crippen LogP contribution in [0, 0.1) is 15.9 Å². The van der Waals surface area contributed by atoms with E-state index < -0.39 is 57.5 Å². The van der Waals surface area contributed by atoms with E-state index in [1.54, 1.807) is 0 Å². The molecule has 0 saturated heterocycles. The van der Waals surface area contributed by atoms with Gasteiger partial charge in [0.15, 0.2) is 5.78 Å². The molecule has 0 aromatic heterocycles. The van der Waals surface area contributed by atoms with E-state index in [-0.39, 0.29) is 6.61 Å². The summed E-state index contributed by atoms with van der Waals surface area (Å²) >= 11 is 5.53. The third-order valence-corrected chi connectivity index (χ3v) is 3.15. The largest absolute Gasteiger partial charge is 0.462 e. The van der Waals surface area contributed by atoms with Crippen LogP contribution < -0.4 is 0 Å². The van der Waals surface area contributed by atoms with Gasteiger partial charge < -0.3 is 4.74 Å². The number of ketones is 1. The number of Topliss-reactive ketones (excluding diaryl/α,β-unsaturated/α-hetero) is 1. The van der Waals surface area contributed by atoms with Crippen molar-refractivity contribution in [1.82, 2.24) is 0 Å². The lowest BCUT2D eigenvalue weighted by Gasteiger charge is -2.14. The first-order valence-corrected chi connectivity index (χ1v) is 6.69. The van der Waals surface area contributed by atoms with Crippen LogP contribution in [0.4, 0.5) is 18.9 Å². The molecule has 0 N–H and O–H groups in total. The van der Waals surface area contributed by atoms with Crippen LogP contribution in [0.2, 0.25) is 5.02 Å². The second-order valence-corrected chi connectivity index (χ2v) is 4.77. The Bertz CT molecular complexity index is 651. The zero-order valence-electron chi connectivity index (χ0n) is 11.8. The average Bonchev–Trinajstić information content (AvgIpc) is 2.47. The second-order valence-electron chi connectivity index (χ2n) is 4.39. The zero-order chi connectivity index (χ0) is 17.8. The summed E-state index contributed by atoms with van der Waals surface area (Å²) in [6.45, 7) is 1.08. The summed E-state index contributed by atoms with van der Waals surface area (Å²) in [5.74, 6) is -7.97. The van der Waals surface area contributed by atoms with Crippen molar-refractivity contribution in [3.05, 3.63) is 38.7 Å². The van der Waals surface area contributed by atoms with Gasteiger partial charge in [0.05, 0.1) is 22.6 Å². The Morgan fingerprint density at radius 2 is 2.00 bits per heavy atom. The number of alkyl halides is 2. The summed E-state index contributed by atoms with van der Waals surface area (Å²) in [5.41, 5.74) is -1.34. The van der Waals surface area contributed by atoms with Crippen molar-refractivity contribution >= 4 is 29.0 Å². The number of hydrogen-bond donors (Lipinski definition) is 0. The Hall–Kier alpha value is -2.16. The van der Waals surface area contributed by atoms with Gasteiger partial charge in [-0.2, -0.15) is 8.78 Å². The first-order valence-electron chi connectivity index (χ1n) is 6.31. The highest BCUT2D eigenvalue weighted by molar-refractivity contribution is 6.34. The Morgan fingerprint density at radius 3 is 2.52 bits per heavy atom. The highest BCUT2D eigenvalue weighted by Crippen LogP contribution is 2.29. The molecule has 0 amide bonds. The lowest BCUT2D eigenvalue weighted by Crippen LogP contribution is -2.31. The molecular formula is C13H11ClF3NO5. The van der Waals surface area contributed by atoms with E-state index in [0.29, 0.717) is 12.1 Å². The molecule has 0 atom stereocenters. The van der Waals surface area contributed by atoms with Gasteiger partial charge in [-0.25, -0.2) is 9.18 Å². The van der Waals surface area contributed by atoms with E-state index in [1.807, 2.05) is 0 Å². The summed E-state index contributed by atoms with van der Waals surface area (Å²) in [6.07, 6.45) is -2.06. The third kappa shape index (κ3) is 4.65. The molecule has 10 heteroatoms. The topological polar surface area (TPSA) is 86.5 Å². The molecule has 6 nitrogen and oxygen atoms in total. The van der Waals surface area contributed by atoms with E-state index >= 15 is 0 Å². The molecular weight excluding hydrogens is 343 g/mol. The number of hydrogen-bond acceptors (Lipinski definition) is 5.